The minimum atomic E-state index is -5.24. The zero-order chi connectivity index (χ0) is 76.3. The Bertz CT molecular complexity index is 2140. The molecule has 2 aromatic rings. The maximum atomic E-state index is 11.7. The first-order valence-corrected chi connectivity index (χ1v) is 33.0. The number of halogens is 18. The summed E-state index contributed by atoms with van der Waals surface area (Å²) in [6, 6.07) is 17.5. The molecule has 0 heterocycles. The average molecular weight is 1500 g/mol. The number of fused-ring (bicyclic) bond motifs is 1. The second-order valence-electron chi connectivity index (χ2n) is 28.1. The van der Waals surface area contributed by atoms with Gasteiger partial charge in [-0.3, -0.25) is 24.0 Å². The van der Waals surface area contributed by atoms with Crippen LogP contribution in [0.3, 0.4) is 0 Å². The molecule has 0 atom stereocenters. The van der Waals surface area contributed by atoms with Crippen molar-refractivity contribution in [2.75, 3.05) is 0 Å². The van der Waals surface area contributed by atoms with Crippen molar-refractivity contribution >= 4 is 133 Å². The van der Waals surface area contributed by atoms with Crippen LogP contribution in [0.15, 0.2) is 54.6 Å². The van der Waals surface area contributed by atoms with E-state index in [1.54, 1.807) is 65.8 Å². The maximum absolute atomic E-state index is 11.7. The molecule has 0 fully saturated rings. The molecule has 0 aliphatic heterocycles. The number of rotatable bonds is 3. The highest BCUT2D eigenvalue weighted by atomic mass is 35.6. The summed E-state index contributed by atoms with van der Waals surface area (Å²) in [5.74, 6) is 1.31. The van der Waals surface area contributed by atoms with Crippen LogP contribution < -0.4 is 0 Å². The van der Waals surface area contributed by atoms with E-state index >= 15 is 0 Å². The number of carbonyl (C=O) groups is 5. The molecule has 23 heteroatoms. The third-order valence-electron chi connectivity index (χ3n) is 11.2. The van der Waals surface area contributed by atoms with Gasteiger partial charge in [-0.25, -0.2) is 0 Å². The van der Waals surface area contributed by atoms with E-state index < -0.39 is 52.1 Å². The second kappa shape index (κ2) is 46.9. The fourth-order valence-electron chi connectivity index (χ4n) is 3.35. The quantitative estimate of drug-likeness (QED) is 0.174. The fraction of sp³-hybridized carbons (Fsp3) is 0.750. The van der Waals surface area contributed by atoms with Crippen molar-refractivity contribution in [2.24, 2.45) is 56.2 Å². The zero-order valence-electron chi connectivity index (χ0n) is 60.3. The van der Waals surface area contributed by atoms with Gasteiger partial charge in [-0.05, 0) is 64.4 Å². The van der Waals surface area contributed by atoms with Crippen molar-refractivity contribution in [3.8, 4) is 0 Å². The number of benzene rings is 2. The Balaban J connectivity index is -0.000000117. The second-order valence-corrected chi connectivity index (χ2v) is 35.0. The average Bonchev–Trinajstić information content (AvgIpc) is 3.49. The fourth-order valence-corrected chi connectivity index (χ4v) is 4.63. The summed E-state index contributed by atoms with van der Waals surface area (Å²) in [6.45, 7) is 57.0. The highest BCUT2D eigenvalue weighted by molar-refractivity contribution is 6.73. The van der Waals surface area contributed by atoms with Gasteiger partial charge >= 0.3 is 18.5 Å². The summed E-state index contributed by atoms with van der Waals surface area (Å²) in [6.07, 6.45) is -12.6. The molecule has 0 bridgehead atoms. The normalized spacial score (nSPS) is 13.1. The summed E-state index contributed by atoms with van der Waals surface area (Å²) >= 11 is 49.7. The Morgan fingerprint density at radius 3 is 0.769 bits per heavy atom. The maximum Gasteiger partial charge on any atom is 0.402 e. The summed E-state index contributed by atoms with van der Waals surface area (Å²) in [7, 11) is 0. The monoisotopic (exact) mass is 1500 g/mol. The predicted octanol–water partition coefficient (Wildman–Crippen LogP) is 28.0. The van der Waals surface area contributed by atoms with Crippen molar-refractivity contribution in [3.63, 3.8) is 0 Å². The molecule has 91 heavy (non-hydrogen) atoms. The molecule has 0 saturated heterocycles. The highest BCUT2D eigenvalue weighted by Gasteiger charge is 2.64. The first-order valence-electron chi connectivity index (χ1n) is 29.6. The van der Waals surface area contributed by atoms with E-state index in [0.717, 1.165) is 19.8 Å². The lowest BCUT2D eigenvalue weighted by Crippen LogP contribution is -2.44. The molecule has 542 valence electrons. The third kappa shape index (κ3) is 57.5. The Morgan fingerprint density at radius 2 is 0.681 bits per heavy atom. The topological polar surface area (TPSA) is 85.3 Å². The standard InChI is InChI=1S/C11H10O2.C9H12.C7H14O.C6H12O.C5H6Cl6.C5H6F6.C5H10O.C5H12.C4H7Cl3.C4H7F3.C4H10.C3H8/c1-11(2)9(12)7-5-3-4-6-8(7)10(11)13;1-8(2)9-6-4-3-5-7-9;1-5-6(8)7(2,3)4;1-5(7)6(2,3)4;2*1-3(2,4(6,7)8)5(9,10)11;1-4(2)5(3)6;1-5(2,3)4;2*1-3(2)4(5,6)7;1-4(2)3;1-3-2/h3-6H,1-2H3;3-8H,1-2H3;5H2,1-4H3;1-4H3;2*1-2H3;4H,1-3H3;1-4H3;2*3H,1-2H3;4H,1-3H3;3H2,1-2H3. The minimum absolute atomic E-state index is 0.0619. The first kappa shape index (κ1) is 108. The number of hydrogen-bond donors (Lipinski definition) is 0. The summed E-state index contributed by atoms with van der Waals surface area (Å²) in [4.78, 5) is 54.9. The van der Waals surface area contributed by atoms with Gasteiger partial charge in [-0.15, -0.1) is 0 Å². The van der Waals surface area contributed by atoms with Crippen molar-refractivity contribution in [3.05, 3.63) is 71.3 Å². The van der Waals surface area contributed by atoms with Crippen LogP contribution >= 0.6 is 104 Å². The van der Waals surface area contributed by atoms with Crippen LogP contribution in [0.5, 0.6) is 0 Å². The van der Waals surface area contributed by atoms with E-state index in [2.05, 4.69) is 100 Å². The van der Waals surface area contributed by atoms with Crippen LogP contribution in [0, 0.1) is 56.2 Å². The molecule has 0 aromatic heterocycles. The zero-order valence-corrected chi connectivity index (χ0v) is 67.1. The molecule has 0 N–H and O–H groups in total. The minimum Gasteiger partial charge on any atom is -0.300 e. The van der Waals surface area contributed by atoms with Crippen molar-refractivity contribution in [1.82, 2.24) is 0 Å². The lowest BCUT2D eigenvalue weighted by molar-refractivity contribution is -0.327. The van der Waals surface area contributed by atoms with Crippen LogP contribution in [0.2, 0.25) is 0 Å². The molecule has 0 spiro atoms. The van der Waals surface area contributed by atoms with Gasteiger partial charge < -0.3 is 0 Å². The molecule has 0 amide bonds. The van der Waals surface area contributed by atoms with Gasteiger partial charge in [0.15, 0.2) is 28.4 Å². The number of ketones is 5. The molecule has 1 aliphatic carbocycles. The van der Waals surface area contributed by atoms with Crippen molar-refractivity contribution in [2.45, 2.75) is 270 Å². The summed E-state index contributed by atoms with van der Waals surface area (Å²) in [5.41, 5.74) is -2.74. The van der Waals surface area contributed by atoms with E-state index in [-0.39, 0.29) is 59.6 Å². The molecule has 0 unspecified atom stereocenters. The van der Waals surface area contributed by atoms with Gasteiger partial charge in [0.05, 0.1) is 10.8 Å². The smallest absolute Gasteiger partial charge is 0.300 e. The van der Waals surface area contributed by atoms with Crippen LogP contribution in [0.1, 0.15) is 267 Å². The van der Waals surface area contributed by atoms with Gasteiger partial charge in [-0.1, -0.05) is 345 Å². The number of Topliss-reactive ketones (excluding diaryl/α,β-unsaturated/α-hetero) is 5. The van der Waals surface area contributed by atoms with Crippen LogP contribution in [-0.2, 0) is 14.4 Å². The first-order chi connectivity index (χ1) is 39.5. The Hall–Kier alpha value is -1.23. The van der Waals surface area contributed by atoms with Gasteiger partial charge in [0, 0.05) is 46.1 Å². The molecule has 0 radical (unpaired) electrons. The SMILES string of the molecule is CC(=O)C(C)(C)C.CC(=O)C(C)C.CC(C)(C(Cl)(Cl)Cl)C(Cl)(Cl)Cl.CC(C)(C(F)(F)F)C(F)(F)F.CC(C)(C)C.CC(C)C.CC(C)C(Cl)(Cl)Cl.CC(C)C(F)(F)F.CC(C)c1ccccc1.CC1(C)C(=O)c2ccccc2C1=O.CCC.CCC(=O)C(C)(C)C. The van der Waals surface area contributed by atoms with Gasteiger partial charge in [-0.2, -0.15) is 39.5 Å². The van der Waals surface area contributed by atoms with E-state index in [4.69, 9.17) is 104 Å². The molecule has 0 saturated carbocycles. The van der Waals surface area contributed by atoms with Crippen LogP contribution in [0.25, 0.3) is 0 Å². The molecular weight excluding hydrogens is 1390 g/mol. The summed E-state index contributed by atoms with van der Waals surface area (Å²) < 4.78 is 98.9. The molecule has 1 aliphatic rings. The van der Waals surface area contributed by atoms with E-state index in [1.807, 2.05) is 82.2 Å². The molecule has 5 nitrogen and oxygen atoms in total. The van der Waals surface area contributed by atoms with Crippen LogP contribution in [0.4, 0.5) is 39.5 Å². The highest BCUT2D eigenvalue weighted by Crippen LogP contribution is 2.57. The third-order valence-corrected chi connectivity index (χ3v) is 15.3. The van der Waals surface area contributed by atoms with Gasteiger partial charge in [0.1, 0.15) is 17.3 Å². The van der Waals surface area contributed by atoms with E-state index in [0.29, 0.717) is 34.7 Å². The van der Waals surface area contributed by atoms with Gasteiger partial charge in [0.25, 0.3) is 0 Å². The van der Waals surface area contributed by atoms with E-state index in [9.17, 15) is 63.5 Å². The Labute approximate surface area is 590 Å². The predicted molar refractivity (Wildman–Crippen MR) is 378 cm³/mol. The van der Waals surface area contributed by atoms with E-state index in [1.165, 1.54) is 12.0 Å². The number of alkyl halides is 18. The van der Waals surface area contributed by atoms with Crippen LogP contribution in [-0.4, -0.2) is 58.8 Å². The Morgan fingerprint density at radius 1 is 0.462 bits per heavy atom. The summed E-state index contributed by atoms with van der Waals surface area (Å²) in [5, 5.41) is 0. The molecule has 2 aromatic carbocycles. The largest absolute Gasteiger partial charge is 0.402 e. The number of hydrogen-bond acceptors (Lipinski definition) is 5. The molecule has 3 rings (SSSR count). The lowest BCUT2D eigenvalue weighted by Gasteiger charge is -2.38. The Kier molecular flexibility index (Phi) is 55.9. The van der Waals surface area contributed by atoms with Crippen molar-refractivity contribution in [1.29, 1.82) is 0 Å². The number of carbonyl (C=O) groups excluding carboxylic acids is 5. The van der Waals surface area contributed by atoms with Crippen molar-refractivity contribution < 1.29 is 63.5 Å². The molecular formula is C68H114Cl9F9O5. The lowest BCUT2D eigenvalue weighted by atomic mass is 9.88. The van der Waals surface area contributed by atoms with Gasteiger partial charge in [0.2, 0.25) is 0 Å².